The summed E-state index contributed by atoms with van der Waals surface area (Å²) in [5.41, 5.74) is 7.84. The smallest absolute Gasteiger partial charge is 0.135 e. The van der Waals surface area contributed by atoms with Crippen LogP contribution in [-0.2, 0) is 12.1 Å². The lowest BCUT2D eigenvalue weighted by atomic mass is 9.97. The van der Waals surface area contributed by atoms with Crippen molar-refractivity contribution in [1.29, 1.82) is 0 Å². The molecule has 0 unspecified atom stereocenters. The van der Waals surface area contributed by atoms with Gasteiger partial charge in [0.25, 0.3) is 0 Å². The quantitative estimate of drug-likeness (QED) is 0.897. The Morgan fingerprint density at radius 1 is 1.31 bits per heavy atom. The van der Waals surface area contributed by atoms with Crippen molar-refractivity contribution < 1.29 is 8.78 Å². The van der Waals surface area contributed by atoms with Gasteiger partial charge in [0.05, 0.1) is 11.2 Å². The van der Waals surface area contributed by atoms with Crippen molar-refractivity contribution in [3.63, 3.8) is 0 Å². The van der Waals surface area contributed by atoms with Crippen molar-refractivity contribution in [3.8, 4) is 11.3 Å². The van der Waals surface area contributed by atoms with E-state index >= 15 is 0 Å². The molecular weight excluding hydrogens is 334 g/mol. The molecule has 4 nitrogen and oxygen atoms in total. The highest BCUT2D eigenvalue weighted by atomic mass is 19.1. The third-order valence-electron chi connectivity index (χ3n) is 5.12. The molecule has 0 amide bonds. The first-order chi connectivity index (χ1) is 12.2. The number of nitrogens with two attached hydrogens (primary N) is 1. The van der Waals surface area contributed by atoms with Crippen LogP contribution in [0.2, 0.25) is 0 Å². The van der Waals surface area contributed by atoms with Gasteiger partial charge in [0, 0.05) is 36.6 Å². The molecule has 0 saturated carbocycles. The standard InChI is InChI=1S/C20H26F2N4/c1-12(2)18-17(15-10-14(21)6-7-16(15)22)24-19-20(4,5)26(13(3)11-23)9-8-25(18)19/h6-7,10,12H,3,8-9,11,23H2,1-2,4-5H3. The van der Waals surface area contributed by atoms with Crippen LogP contribution in [0, 0.1) is 11.6 Å². The molecule has 2 heterocycles. The van der Waals surface area contributed by atoms with Gasteiger partial charge in [-0.05, 0) is 38.0 Å². The van der Waals surface area contributed by atoms with Gasteiger partial charge in [-0.2, -0.15) is 0 Å². The van der Waals surface area contributed by atoms with E-state index < -0.39 is 17.2 Å². The Balaban J connectivity index is 2.23. The van der Waals surface area contributed by atoms with Crippen LogP contribution in [0.25, 0.3) is 11.3 Å². The van der Waals surface area contributed by atoms with Crippen LogP contribution in [0.5, 0.6) is 0 Å². The summed E-state index contributed by atoms with van der Waals surface area (Å²) >= 11 is 0. The largest absolute Gasteiger partial charge is 0.360 e. The maximum atomic E-state index is 14.5. The molecule has 1 aliphatic rings. The zero-order valence-corrected chi connectivity index (χ0v) is 15.8. The lowest BCUT2D eigenvalue weighted by Crippen LogP contribution is -2.49. The summed E-state index contributed by atoms with van der Waals surface area (Å²) in [6.07, 6.45) is 0. The molecule has 0 spiro atoms. The molecular formula is C20H26F2N4. The van der Waals surface area contributed by atoms with Crippen molar-refractivity contribution >= 4 is 0 Å². The van der Waals surface area contributed by atoms with Crippen LogP contribution in [0.15, 0.2) is 30.5 Å². The topological polar surface area (TPSA) is 47.1 Å². The fourth-order valence-corrected chi connectivity index (χ4v) is 3.88. The third-order valence-corrected chi connectivity index (χ3v) is 5.12. The number of hydrogen-bond acceptors (Lipinski definition) is 3. The van der Waals surface area contributed by atoms with E-state index in [2.05, 4.69) is 29.9 Å². The number of hydrogen-bond donors (Lipinski definition) is 1. The number of aromatic nitrogens is 2. The van der Waals surface area contributed by atoms with Gasteiger partial charge in [-0.25, -0.2) is 13.8 Å². The number of fused-ring (bicyclic) bond motifs is 1. The number of rotatable bonds is 4. The second kappa shape index (κ2) is 6.50. The molecule has 1 aliphatic heterocycles. The van der Waals surface area contributed by atoms with E-state index in [9.17, 15) is 8.78 Å². The molecule has 6 heteroatoms. The van der Waals surface area contributed by atoms with Gasteiger partial charge in [0.15, 0.2) is 0 Å². The fourth-order valence-electron chi connectivity index (χ4n) is 3.88. The minimum Gasteiger partial charge on any atom is -0.360 e. The summed E-state index contributed by atoms with van der Waals surface area (Å²) in [7, 11) is 0. The lowest BCUT2D eigenvalue weighted by Gasteiger charge is -2.45. The van der Waals surface area contributed by atoms with Crippen molar-refractivity contribution in [2.24, 2.45) is 5.73 Å². The Morgan fingerprint density at radius 2 is 2.00 bits per heavy atom. The molecule has 0 fully saturated rings. The van der Waals surface area contributed by atoms with Crippen LogP contribution in [0.3, 0.4) is 0 Å². The molecule has 1 aromatic carbocycles. The second-order valence-electron chi connectivity index (χ2n) is 7.58. The predicted octanol–water partition coefficient (Wildman–Crippen LogP) is 3.97. The van der Waals surface area contributed by atoms with Crippen molar-refractivity contribution in [2.75, 3.05) is 13.1 Å². The maximum Gasteiger partial charge on any atom is 0.135 e. The van der Waals surface area contributed by atoms with Gasteiger partial charge in [0.1, 0.15) is 17.5 Å². The summed E-state index contributed by atoms with van der Waals surface area (Å²) < 4.78 is 30.4. The summed E-state index contributed by atoms with van der Waals surface area (Å²) in [6.45, 7) is 14.1. The summed E-state index contributed by atoms with van der Waals surface area (Å²) in [5, 5.41) is 0. The zero-order valence-electron chi connectivity index (χ0n) is 15.8. The molecule has 0 aliphatic carbocycles. The number of halogens is 2. The number of benzene rings is 1. The molecule has 0 radical (unpaired) electrons. The average molecular weight is 360 g/mol. The van der Waals surface area contributed by atoms with Crippen molar-refractivity contribution in [2.45, 2.75) is 45.7 Å². The molecule has 0 atom stereocenters. The molecule has 2 N–H and O–H groups in total. The third kappa shape index (κ3) is 2.82. The number of imidazole rings is 1. The van der Waals surface area contributed by atoms with Crippen LogP contribution < -0.4 is 5.73 Å². The fraction of sp³-hybridized carbons (Fsp3) is 0.450. The van der Waals surface area contributed by atoms with Gasteiger partial charge < -0.3 is 15.2 Å². The first kappa shape index (κ1) is 18.6. The van der Waals surface area contributed by atoms with Crippen LogP contribution >= 0.6 is 0 Å². The highest BCUT2D eigenvalue weighted by Gasteiger charge is 2.39. The van der Waals surface area contributed by atoms with E-state index in [1.807, 2.05) is 13.8 Å². The Hall–Kier alpha value is -2.21. The van der Waals surface area contributed by atoms with Gasteiger partial charge in [-0.15, -0.1) is 0 Å². The summed E-state index contributed by atoms with van der Waals surface area (Å²) in [4.78, 5) is 6.94. The highest BCUT2D eigenvalue weighted by molar-refractivity contribution is 5.64. The average Bonchev–Trinajstić information content (AvgIpc) is 2.97. The first-order valence-corrected chi connectivity index (χ1v) is 8.90. The van der Waals surface area contributed by atoms with Crippen LogP contribution in [0.1, 0.15) is 45.1 Å². The zero-order chi connectivity index (χ0) is 19.2. The van der Waals surface area contributed by atoms with Gasteiger partial charge >= 0.3 is 0 Å². The monoisotopic (exact) mass is 360 g/mol. The second-order valence-corrected chi connectivity index (χ2v) is 7.58. The van der Waals surface area contributed by atoms with Gasteiger partial charge in [-0.1, -0.05) is 20.4 Å². The highest BCUT2D eigenvalue weighted by Crippen LogP contribution is 2.40. The number of nitrogens with zero attached hydrogens (tertiary/aromatic N) is 3. The summed E-state index contributed by atoms with van der Waals surface area (Å²) in [5.74, 6) is -0.000981. The normalized spacial score (nSPS) is 16.1. The van der Waals surface area contributed by atoms with E-state index in [0.717, 1.165) is 35.9 Å². The molecule has 0 bridgehead atoms. The van der Waals surface area contributed by atoms with Crippen molar-refractivity contribution in [1.82, 2.24) is 14.5 Å². The molecule has 3 rings (SSSR count). The van der Waals surface area contributed by atoms with E-state index in [-0.39, 0.29) is 11.5 Å². The lowest BCUT2D eigenvalue weighted by molar-refractivity contribution is 0.116. The molecule has 1 aromatic heterocycles. The maximum absolute atomic E-state index is 14.5. The molecule has 140 valence electrons. The molecule has 26 heavy (non-hydrogen) atoms. The van der Waals surface area contributed by atoms with E-state index in [0.29, 0.717) is 18.8 Å². The minimum absolute atomic E-state index is 0.119. The Labute approximate surface area is 153 Å². The Kier molecular flexibility index (Phi) is 4.65. The van der Waals surface area contributed by atoms with Gasteiger partial charge in [-0.3, -0.25) is 0 Å². The van der Waals surface area contributed by atoms with E-state index in [4.69, 9.17) is 10.7 Å². The molecule has 0 saturated heterocycles. The minimum atomic E-state index is -0.473. The Morgan fingerprint density at radius 3 is 2.62 bits per heavy atom. The Bertz CT molecular complexity index is 852. The SMILES string of the molecule is C=C(CN)N1CCn2c(nc(-c3cc(F)ccc3F)c2C(C)C)C1(C)C. The van der Waals surface area contributed by atoms with Crippen LogP contribution in [0.4, 0.5) is 8.78 Å². The van der Waals surface area contributed by atoms with Crippen LogP contribution in [-0.4, -0.2) is 27.5 Å². The summed E-state index contributed by atoms with van der Waals surface area (Å²) in [6, 6.07) is 3.50. The predicted molar refractivity (Wildman–Crippen MR) is 99.6 cm³/mol. The van der Waals surface area contributed by atoms with Crippen molar-refractivity contribution in [3.05, 3.63) is 53.6 Å². The molecule has 2 aromatic rings. The van der Waals surface area contributed by atoms with E-state index in [1.54, 1.807) is 0 Å². The van der Waals surface area contributed by atoms with E-state index in [1.165, 1.54) is 6.07 Å². The van der Waals surface area contributed by atoms with Gasteiger partial charge in [0.2, 0.25) is 0 Å². The first-order valence-electron chi connectivity index (χ1n) is 8.90.